The van der Waals surface area contributed by atoms with E-state index >= 15 is 0 Å². The summed E-state index contributed by atoms with van der Waals surface area (Å²) in [7, 11) is 0. The van der Waals surface area contributed by atoms with Crippen molar-refractivity contribution in [1.29, 1.82) is 0 Å². The molecular formula is C12H15N4O. The van der Waals surface area contributed by atoms with Crippen LogP contribution in [0.25, 0.3) is 0 Å². The minimum Gasteiger partial charge on any atom is -0.363 e. The predicted octanol–water partition coefficient (Wildman–Crippen LogP) is 0.144. The topological polar surface area (TPSA) is 72.1 Å². The Morgan fingerprint density at radius 2 is 2.35 bits per heavy atom. The van der Waals surface area contributed by atoms with E-state index in [1.54, 1.807) is 0 Å². The number of rotatable bonds is 3. The van der Waals surface area contributed by atoms with Gasteiger partial charge >= 0.3 is 0 Å². The summed E-state index contributed by atoms with van der Waals surface area (Å²) in [5.41, 5.74) is 7.12. The summed E-state index contributed by atoms with van der Waals surface area (Å²) >= 11 is 0. The molecule has 1 amide bonds. The van der Waals surface area contributed by atoms with Crippen LogP contribution in [-0.4, -0.2) is 33.9 Å². The molecule has 0 spiro atoms. The first-order valence-electron chi connectivity index (χ1n) is 6.02. The largest absolute Gasteiger partial charge is 0.363 e. The molecule has 89 valence electrons. The number of carbonyl (C=O) groups excluding carboxylic acids is 1. The molecule has 1 fully saturated rings. The molecule has 1 aliphatic heterocycles. The first kappa shape index (κ1) is 10.7. The van der Waals surface area contributed by atoms with Crippen molar-refractivity contribution in [2.45, 2.75) is 25.8 Å². The van der Waals surface area contributed by atoms with Crippen molar-refractivity contribution >= 4 is 5.91 Å². The van der Waals surface area contributed by atoms with Gasteiger partial charge in [0.25, 0.3) is 5.91 Å². The molecule has 17 heavy (non-hydrogen) atoms. The van der Waals surface area contributed by atoms with Crippen molar-refractivity contribution in [2.24, 2.45) is 11.7 Å². The Morgan fingerprint density at radius 3 is 3.06 bits per heavy atom. The number of amides is 1. The quantitative estimate of drug-likeness (QED) is 0.803. The normalized spacial score (nSPS) is 20.0. The molecule has 1 saturated carbocycles. The van der Waals surface area contributed by atoms with E-state index in [9.17, 15) is 4.79 Å². The Labute approximate surface area is 100 Å². The van der Waals surface area contributed by atoms with Crippen molar-refractivity contribution in [3.63, 3.8) is 0 Å². The van der Waals surface area contributed by atoms with Crippen LogP contribution in [0.4, 0.5) is 0 Å². The maximum absolute atomic E-state index is 11.0. The lowest BCUT2D eigenvalue weighted by atomic mass is 10.1. The van der Waals surface area contributed by atoms with Gasteiger partial charge in [0.2, 0.25) is 5.82 Å². The van der Waals surface area contributed by atoms with Gasteiger partial charge in [0.1, 0.15) is 0 Å². The fourth-order valence-electron chi connectivity index (χ4n) is 2.23. The van der Waals surface area contributed by atoms with Gasteiger partial charge in [0.05, 0.1) is 11.9 Å². The van der Waals surface area contributed by atoms with Gasteiger partial charge in [-0.15, -0.1) is 0 Å². The van der Waals surface area contributed by atoms with Crippen molar-refractivity contribution in [3.8, 4) is 0 Å². The SMILES string of the molecule is NC(=O)c1n[c]c2c(n1)CN(CC1CC1)CC2. The second-order valence-corrected chi connectivity index (χ2v) is 4.88. The maximum atomic E-state index is 11.0. The molecule has 5 heteroatoms. The summed E-state index contributed by atoms with van der Waals surface area (Å²) in [5.74, 6) is 0.373. The summed E-state index contributed by atoms with van der Waals surface area (Å²) in [6.07, 6.45) is 6.51. The van der Waals surface area contributed by atoms with Crippen LogP contribution in [-0.2, 0) is 13.0 Å². The molecule has 1 radical (unpaired) electrons. The molecule has 5 nitrogen and oxygen atoms in total. The van der Waals surface area contributed by atoms with E-state index in [-0.39, 0.29) is 5.82 Å². The van der Waals surface area contributed by atoms with Crippen molar-refractivity contribution in [2.75, 3.05) is 13.1 Å². The molecule has 0 bridgehead atoms. The molecule has 0 atom stereocenters. The Bertz CT molecular complexity index is 456. The Kier molecular flexibility index (Phi) is 2.55. The number of hydrogen-bond acceptors (Lipinski definition) is 4. The van der Waals surface area contributed by atoms with Gasteiger partial charge in [-0.1, -0.05) is 0 Å². The minimum absolute atomic E-state index is 0.0806. The highest BCUT2D eigenvalue weighted by Gasteiger charge is 2.27. The van der Waals surface area contributed by atoms with Crippen LogP contribution < -0.4 is 5.73 Å². The summed E-state index contributed by atoms with van der Waals surface area (Å²) in [6.45, 7) is 2.99. The molecule has 2 N–H and O–H groups in total. The number of aromatic nitrogens is 2. The predicted molar refractivity (Wildman–Crippen MR) is 61.1 cm³/mol. The minimum atomic E-state index is -0.580. The summed E-state index contributed by atoms with van der Waals surface area (Å²) in [6, 6.07) is 0. The molecule has 3 rings (SSSR count). The average molecular weight is 231 g/mol. The standard InChI is InChI=1S/C12H15N4O/c13-11(17)12-14-5-9-3-4-16(6-8-1-2-8)7-10(9)15-12/h8H,1-4,6-7H2,(H2,13,17). The van der Waals surface area contributed by atoms with Gasteiger partial charge in [-0.2, -0.15) is 0 Å². The molecule has 1 aromatic rings. The molecule has 2 aliphatic rings. The first-order chi connectivity index (χ1) is 8.22. The number of fused-ring (bicyclic) bond motifs is 1. The van der Waals surface area contributed by atoms with E-state index in [0.717, 1.165) is 43.2 Å². The number of primary amides is 1. The smallest absolute Gasteiger partial charge is 0.286 e. The van der Waals surface area contributed by atoms with Gasteiger partial charge in [-0.25, -0.2) is 9.97 Å². The lowest BCUT2D eigenvalue weighted by molar-refractivity contribution is 0.0989. The lowest BCUT2D eigenvalue weighted by Crippen LogP contribution is -2.33. The molecule has 0 unspecified atom stereocenters. The van der Waals surface area contributed by atoms with Crippen molar-refractivity contribution in [3.05, 3.63) is 23.3 Å². The van der Waals surface area contributed by atoms with Crippen LogP contribution >= 0.6 is 0 Å². The summed E-state index contributed by atoms with van der Waals surface area (Å²) in [5, 5.41) is 0. The zero-order valence-corrected chi connectivity index (χ0v) is 9.65. The zero-order chi connectivity index (χ0) is 11.8. The fourth-order valence-corrected chi connectivity index (χ4v) is 2.23. The van der Waals surface area contributed by atoms with Crippen LogP contribution in [0, 0.1) is 12.1 Å². The molecule has 0 saturated heterocycles. The molecule has 1 aliphatic carbocycles. The lowest BCUT2D eigenvalue weighted by Gasteiger charge is -2.27. The van der Waals surface area contributed by atoms with Crippen LogP contribution in [0.2, 0.25) is 0 Å². The summed E-state index contributed by atoms with van der Waals surface area (Å²) < 4.78 is 0. The van der Waals surface area contributed by atoms with E-state index in [0.29, 0.717) is 0 Å². The third-order valence-corrected chi connectivity index (χ3v) is 3.37. The third kappa shape index (κ3) is 2.29. The van der Waals surface area contributed by atoms with Gasteiger partial charge in [-0.3, -0.25) is 9.69 Å². The highest BCUT2D eigenvalue weighted by molar-refractivity contribution is 5.88. The molecule has 2 heterocycles. The number of nitrogens with two attached hydrogens (primary N) is 1. The third-order valence-electron chi connectivity index (χ3n) is 3.37. The first-order valence-corrected chi connectivity index (χ1v) is 6.02. The number of hydrogen-bond donors (Lipinski definition) is 1. The highest BCUT2D eigenvalue weighted by Crippen LogP contribution is 2.31. The summed E-state index contributed by atoms with van der Waals surface area (Å²) in [4.78, 5) is 21.5. The number of carbonyl (C=O) groups is 1. The van der Waals surface area contributed by atoms with Crippen LogP contribution in [0.3, 0.4) is 0 Å². The Morgan fingerprint density at radius 1 is 1.53 bits per heavy atom. The van der Waals surface area contributed by atoms with E-state index in [4.69, 9.17) is 5.73 Å². The van der Waals surface area contributed by atoms with Gasteiger partial charge < -0.3 is 5.73 Å². The van der Waals surface area contributed by atoms with Crippen LogP contribution in [0.5, 0.6) is 0 Å². The molecular weight excluding hydrogens is 216 g/mol. The van der Waals surface area contributed by atoms with Crippen LogP contribution in [0.15, 0.2) is 0 Å². The Hall–Kier alpha value is -1.49. The van der Waals surface area contributed by atoms with Crippen molar-refractivity contribution < 1.29 is 4.79 Å². The van der Waals surface area contributed by atoms with E-state index in [1.807, 2.05) is 0 Å². The highest BCUT2D eigenvalue weighted by atomic mass is 16.1. The zero-order valence-electron chi connectivity index (χ0n) is 9.65. The van der Waals surface area contributed by atoms with E-state index < -0.39 is 5.91 Å². The molecule has 0 aromatic carbocycles. The Balaban J connectivity index is 1.78. The molecule has 1 aromatic heterocycles. The second kappa shape index (κ2) is 4.07. The average Bonchev–Trinajstić information content (AvgIpc) is 3.12. The number of nitrogens with zero attached hydrogens (tertiary/aromatic N) is 3. The van der Waals surface area contributed by atoms with Gasteiger partial charge in [0, 0.05) is 25.2 Å². The monoisotopic (exact) mass is 231 g/mol. The van der Waals surface area contributed by atoms with E-state index in [2.05, 4.69) is 21.1 Å². The van der Waals surface area contributed by atoms with Gasteiger partial charge in [-0.05, 0) is 25.2 Å². The second-order valence-electron chi connectivity index (χ2n) is 4.88. The maximum Gasteiger partial charge on any atom is 0.286 e. The van der Waals surface area contributed by atoms with Crippen molar-refractivity contribution in [1.82, 2.24) is 14.9 Å². The van der Waals surface area contributed by atoms with Gasteiger partial charge in [0.15, 0.2) is 0 Å². The fraction of sp³-hybridized carbons (Fsp3) is 0.583. The van der Waals surface area contributed by atoms with E-state index in [1.165, 1.54) is 12.8 Å². The van der Waals surface area contributed by atoms with Crippen LogP contribution in [0.1, 0.15) is 34.7 Å².